The van der Waals surface area contributed by atoms with Gasteiger partial charge in [0.15, 0.2) is 11.6 Å². The molecule has 3 N–H and O–H groups in total. The number of nitrogens with one attached hydrogen (secondary N) is 1. The number of ketones is 1. The summed E-state index contributed by atoms with van der Waals surface area (Å²) in [6.07, 6.45) is 15.8. The van der Waals surface area contributed by atoms with E-state index >= 15 is 0 Å². The quantitative estimate of drug-likeness (QED) is 0.154. The third-order valence-electron chi connectivity index (χ3n) is 13.2. The molecule has 8 atom stereocenters. The van der Waals surface area contributed by atoms with Crippen LogP contribution in [0.15, 0.2) is 77.7 Å². The average Bonchev–Trinajstić information content (AvgIpc) is 3.66. The molecule has 3 aromatic rings. The Bertz CT molecular complexity index is 1740. The van der Waals surface area contributed by atoms with E-state index in [1.807, 2.05) is 36.4 Å². The maximum atomic E-state index is 14.7. The number of carbonyl (C=O) groups is 1. The molecule has 240 valence electrons. The molecule has 0 saturated heterocycles. The van der Waals surface area contributed by atoms with Crippen LogP contribution in [-0.4, -0.2) is 60.7 Å². The van der Waals surface area contributed by atoms with Crippen LogP contribution in [0.3, 0.4) is 0 Å². The maximum absolute atomic E-state index is 14.7. The third kappa shape index (κ3) is 4.00. The number of hydrogen-bond donors (Lipinski definition) is 3. The van der Waals surface area contributed by atoms with Crippen LogP contribution in [0.5, 0.6) is 5.75 Å². The zero-order chi connectivity index (χ0) is 32.0. The predicted octanol–water partition coefficient (Wildman–Crippen LogP) is 6.44. The Labute approximate surface area is 274 Å². The van der Waals surface area contributed by atoms with Crippen molar-refractivity contribution in [2.24, 2.45) is 33.5 Å². The number of benzene rings is 1. The number of pyridine rings is 1. The largest absolute Gasteiger partial charge is 0.497 e. The number of Topliss-reactive ketones (excluding diaryl/α,β-unsaturated/α-hetero) is 1. The van der Waals surface area contributed by atoms with Crippen molar-refractivity contribution < 1.29 is 19.7 Å². The lowest BCUT2D eigenvalue weighted by atomic mass is 9.32. The topological polar surface area (TPSA) is 121 Å². The Morgan fingerprint density at radius 2 is 1.72 bits per heavy atom. The van der Waals surface area contributed by atoms with Crippen molar-refractivity contribution >= 4 is 17.5 Å². The molecule has 6 aliphatic carbocycles. The summed E-state index contributed by atoms with van der Waals surface area (Å²) >= 11 is 1.50. The number of rotatable bonds is 7. The average molecular weight is 639 g/mol. The van der Waals surface area contributed by atoms with Gasteiger partial charge in [0, 0.05) is 51.1 Å². The smallest absolute Gasteiger partial charge is 0.208 e. The lowest BCUT2D eigenvalue weighted by Crippen LogP contribution is -2.67. The number of aliphatic hydroxyl groups excluding tert-OH is 1. The zero-order valence-electron chi connectivity index (χ0n) is 26.7. The van der Waals surface area contributed by atoms with Gasteiger partial charge >= 0.3 is 0 Å². The van der Waals surface area contributed by atoms with Gasteiger partial charge in [0.25, 0.3) is 0 Å². The van der Waals surface area contributed by atoms with Gasteiger partial charge in [0.1, 0.15) is 5.75 Å². The number of aromatic nitrogens is 4. The molecule has 0 amide bonds. The first-order valence-electron chi connectivity index (χ1n) is 16.6. The van der Waals surface area contributed by atoms with E-state index in [-0.39, 0.29) is 34.6 Å². The Balaban J connectivity index is 1.16. The van der Waals surface area contributed by atoms with E-state index in [9.17, 15) is 15.0 Å². The van der Waals surface area contributed by atoms with E-state index in [4.69, 9.17) is 9.72 Å². The van der Waals surface area contributed by atoms with Crippen LogP contribution in [-0.2, 0) is 0 Å². The van der Waals surface area contributed by atoms with Crippen LogP contribution in [0.2, 0.25) is 0 Å². The molecule has 2 heterocycles. The third-order valence-corrected chi connectivity index (χ3v) is 14.2. The van der Waals surface area contributed by atoms with Crippen LogP contribution in [0.4, 0.5) is 0 Å². The Morgan fingerprint density at radius 3 is 2.48 bits per heavy atom. The minimum atomic E-state index is -0.947. The molecular formula is C37H42N4O4S. The highest BCUT2D eigenvalue weighted by atomic mass is 32.2. The molecule has 3 saturated carbocycles. The molecular weight excluding hydrogens is 596 g/mol. The zero-order valence-corrected chi connectivity index (χ0v) is 27.5. The summed E-state index contributed by atoms with van der Waals surface area (Å²) in [4.78, 5) is 23.5. The fourth-order valence-electron chi connectivity index (χ4n) is 10.6. The summed E-state index contributed by atoms with van der Waals surface area (Å²) in [6, 6.07) is 11.2. The van der Waals surface area contributed by atoms with Gasteiger partial charge in [0.2, 0.25) is 5.16 Å². The number of ether oxygens (including phenoxy) is 1. The number of fused-ring (bicyclic) bond motifs is 1. The second-order valence-corrected chi connectivity index (χ2v) is 15.8. The van der Waals surface area contributed by atoms with Crippen LogP contribution in [0, 0.1) is 33.5 Å². The lowest BCUT2D eigenvalue weighted by Gasteiger charge is -2.71. The van der Waals surface area contributed by atoms with Gasteiger partial charge in [0.05, 0.1) is 18.8 Å². The predicted molar refractivity (Wildman–Crippen MR) is 176 cm³/mol. The number of nitrogens with zero attached hydrogens (tertiary/aromatic N) is 3. The highest BCUT2D eigenvalue weighted by Crippen LogP contribution is 2.78. The lowest BCUT2D eigenvalue weighted by molar-refractivity contribution is -0.166. The van der Waals surface area contributed by atoms with E-state index in [0.29, 0.717) is 35.1 Å². The molecule has 2 bridgehead atoms. The Hall–Kier alpha value is -3.27. The number of carbonyl (C=O) groups excluding carboxylic acids is 1. The summed E-state index contributed by atoms with van der Waals surface area (Å²) in [5.74, 6) is 2.28. The van der Waals surface area contributed by atoms with Gasteiger partial charge in [-0.2, -0.15) is 0 Å². The van der Waals surface area contributed by atoms with E-state index in [1.165, 1.54) is 11.8 Å². The number of aromatic amines is 1. The second kappa shape index (κ2) is 10.4. The fraction of sp³-hybridized carbons (Fsp3) is 0.514. The van der Waals surface area contributed by atoms with Crippen LogP contribution >= 0.6 is 11.8 Å². The molecule has 2 aromatic heterocycles. The minimum Gasteiger partial charge on any atom is -0.497 e. The van der Waals surface area contributed by atoms with Gasteiger partial charge in [-0.1, -0.05) is 43.8 Å². The number of aliphatic hydroxyl groups is 2. The summed E-state index contributed by atoms with van der Waals surface area (Å²) in [6.45, 7) is 4.68. The van der Waals surface area contributed by atoms with Crippen molar-refractivity contribution in [1.29, 1.82) is 0 Å². The van der Waals surface area contributed by atoms with Gasteiger partial charge in [-0.3, -0.25) is 14.9 Å². The SMILES string of the molecule is COc1ccc(C(=O)C2=CC34C=CC25C(CCC2(C)C5CCC2(O)CSc2n[nH]c(-c5ccncc5)n2)C3(C)CCC(O)C4)cc1. The summed E-state index contributed by atoms with van der Waals surface area (Å²) in [7, 11) is 1.63. The summed E-state index contributed by atoms with van der Waals surface area (Å²) < 4.78 is 5.39. The molecule has 9 heteroatoms. The standard InChI is InChI=1S/C37H42N4O4S/c1-33-13-8-25(42)20-35(33)16-17-37(27(21-35)30(43)23-4-6-26(45-3)7-5-23)28(33)9-14-34(2)29(37)10-15-36(34,44)22-46-32-39-31(40-41-32)24-11-18-38-19-12-24/h4-7,11-12,16-19,21,25,28-29,42,44H,8-10,13-15,20,22H2,1-3H3,(H,39,40,41). The molecule has 0 radical (unpaired) electrons. The second-order valence-electron chi connectivity index (χ2n) is 14.9. The van der Waals surface area contributed by atoms with Gasteiger partial charge in [-0.25, -0.2) is 4.98 Å². The first kappa shape index (κ1) is 30.1. The molecule has 1 aromatic carbocycles. The van der Waals surface area contributed by atoms with E-state index in [2.05, 4.69) is 47.3 Å². The molecule has 46 heavy (non-hydrogen) atoms. The van der Waals surface area contributed by atoms with E-state index in [1.54, 1.807) is 19.5 Å². The van der Waals surface area contributed by atoms with Gasteiger partial charge < -0.3 is 14.9 Å². The van der Waals surface area contributed by atoms with E-state index < -0.39 is 16.4 Å². The summed E-state index contributed by atoms with van der Waals surface area (Å²) in [5, 5.41) is 31.6. The maximum Gasteiger partial charge on any atom is 0.208 e. The molecule has 0 aliphatic heterocycles. The monoisotopic (exact) mass is 638 g/mol. The first-order chi connectivity index (χ1) is 22.1. The normalized spacial score (nSPS) is 38.9. The van der Waals surface area contributed by atoms with Crippen molar-refractivity contribution in [1.82, 2.24) is 20.2 Å². The Kier molecular flexibility index (Phi) is 6.78. The highest BCUT2D eigenvalue weighted by Gasteiger charge is 2.74. The number of hydrogen-bond acceptors (Lipinski definition) is 8. The first-order valence-corrected chi connectivity index (χ1v) is 17.5. The molecule has 8 unspecified atom stereocenters. The Morgan fingerprint density at radius 1 is 1.00 bits per heavy atom. The number of H-pyrrole nitrogens is 1. The minimum absolute atomic E-state index is 0.0527. The van der Waals surface area contributed by atoms with Gasteiger partial charge in [-0.05, 0) is 98.6 Å². The van der Waals surface area contributed by atoms with Crippen LogP contribution < -0.4 is 4.74 Å². The van der Waals surface area contributed by atoms with Crippen molar-refractivity contribution in [3.8, 4) is 17.1 Å². The van der Waals surface area contributed by atoms with Crippen molar-refractivity contribution in [3.63, 3.8) is 0 Å². The van der Waals surface area contributed by atoms with Crippen molar-refractivity contribution in [2.45, 2.75) is 75.7 Å². The summed E-state index contributed by atoms with van der Waals surface area (Å²) in [5.41, 5.74) is 0.164. The van der Waals surface area contributed by atoms with Gasteiger partial charge in [-0.15, -0.1) is 5.10 Å². The van der Waals surface area contributed by atoms with E-state index in [0.717, 1.165) is 49.0 Å². The number of methoxy groups -OCH3 is 1. The number of thioether (sulfide) groups is 1. The highest BCUT2D eigenvalue weighted by molar-refractivity contribution is 7.99. The number of allylic oxidation sites excluding steroid dienone is 4. The van der Waals surface area contributed by atoms with Crippen LogP contribution in [0.25, 0.3) is 11.4 Å². The van der Waals surface area contributed by atoms with Crippen molar-refractivity contribution in [2.75, 3.05) is 12.9 Å². The van der Waals surface area contributed by atoms with Crippen LogP contribution in [0.1, 0.15) is 69.2 Å². The fourth-order valence-corrected chi connectivity index (χ4v) is 11.7. The molecule has 3 fully saturated rings. The molecule has 2 spiro atoms. The molecule has 6 aliphatic rings. The molecule has 8 nitrogen and oxygen atoms in total. The molecule has 9 rings (SSSR count). The van der Waals surface area contributed by atoms with Crippen molar-refractivity contribution in [3.05, 3.63) is 78.2 Å².